The van der Waals surface area contributed by atoms with Crippen molar-refractivity contribution < 1.29 is 14.3 Å². The molecule has 124 valence electrons. The van der Waals surface area contributed by atoms with Gasteiger partial charge in [0.05, 0.1) is 6.10 Å². The van der Waals surface area contributed by atoms with Crippen LogP contribution in [0.4, 0.5) is 0 Å². The zero-order chi connectivity index (χ0) is 16.2. The number of benzene rings is 1. The lowest BCUT2D eigenvalue weighted by Gasteiger charge is -2.27. The zero-order valence-corrected chi connectivity index (χ0v) is 13.1. The normalized spacial score (nSPS) is 22.7. The SMILES string of the molecule is NC(=O)CO[C@H]1CCN([C@H](C(=O)NC2CC2)c2ccccc2)C1. The largest absolute Gasteiger partial charge is 0.368 e. The van der Waals surface area contributed by atoms with E-state index in [0.717, 1.165) is 31.4 Å². The first-order valence-corrected chi connectivity index (χ1v) is 8.13. The summed E-state index contributed by atoms with van der Waals surface area (Å²) in [6.45, 7) is 1.33. The molecule has 1 saturated heterocycles. The van der Waals surface area contributed by atoms with E-state index >= 15 is 0 Å². The van der Waals surface area contributed by atoms with E-state index in [1.807, 2.05) is 30.3 Å². The molecule has 23 heavy (non-hydrogen) atoms. The summed E-state index contributed by atoms with van der Waals surface area (Å²) in [5.41, 5.74) is 6.11. The van der Waals surface area contributed by atoms with Crippen molar-refractivity contribution in [1.29, 1.82) is 0 Å². The lowest BCUT2D eigenvalue weighted by molar-refractivity contribution is -0.127. The second kappa shape index (κ2) is 7.10. The van der Waals surface area contributed by atoms with E-state index in [1.165, 1.54) is 0 Å². The minimum absolute atomic E-state index is 0.0502. The Morgan fingerprint density at radius 3 is 2.65 bits per heavy atom. The van der Waals surface area contributed by atoms with E-state index in [0.29, 0.717) is 12.6 Å². The number of likely N-dealkylation sites (tertiary alicyclic amines) is 1. The Hall–Kier alpha value is -1.92. The van der Waals surface area contributed by atoms with E-state index in [1.54, 1.807) is 0 Å². The van der Waals surface area contributed by atoms with E-state index < -0.39 is 5.91 Å². The van der Waals surface area contributed by atoms with Crippen LogP contribution in [0.1, 0.15) is 30.9 Å². The highest BCUT2D eigenvalue weighted by Crippen LogP contribution is 2.28. The Labute approximate surface area is 136 Å². The van der Waals surface area contributed by atoms with Crippen molar-refractivity contribution in [3.63, 3.8) is 0 Å². The van der Waals surface area contributed by atoms with E-state index in [9.17, 15) is 9.59 Å². The summed E-state index contributed by atoms with van der Waals surface area (Å²) in [7, 11) is 0. The first-order valence-electron chi connectivity index (χ1n) is 8.13. The number of primary amides is 1. The quantitative estimate of drug-likeness (QED) is 0.770. The molecule has 0 bridgehead atoms. The minimum Gasteiger partial charge on any atom is -0.368 e. The van der Waals surface area contributed by atoms with Crippen LogP contribution in [0.25, 0.3) is 0 Å². The molecule has 6 heteroatoms. The van der Waals surface area contributed by atoms with Crippen LogP contribution in [0.5, 0.6) is 0 Å². The van der Waals surface area contributed by atoms with Gasteiger partial charge in [0.2, 0.25) is 11.8 Å². The van der Waals surface area contributed by atoms with Gasteiger partial charge in [0, 0.05) is 19.1 Å². The predicted molar refractivity (Wildman–Crippen MR) is 85.5 cm³/mol. The molecule has 0 radical (unpaired) electrons. The van der Waals surface area contributed by atoms with Gasteiger partial charge in [-0.05, 0) is 24.8 Å². The summed E-state index contributed by atoms with van der Waals surface area (Å²) in [5.74, 6) is -0.413. The van der Waals surface area contributed by atoms with Gasteiger partial charge in [0.25, 0.3) is 0 Å². The molecule has 2 amide bonds. The second-order valence-corrected chi connectivity index (χ2v) is 6.28. The van der Waals surface area contributed by atoms with Crippen molar-refractivity contribution in [2.45, 2.75) is 37.5 Å². The van der Waals surface area contributed by atoms with Gasteiger partial charge in [-0.1, -0.05) is 30.3 Å². The third-order valence-electron chi connectivity index (χ3n) is 4.29. The third kappa shape index (κ3) is 4.30. The lowest BCUT2D eigenvalue weighted by Crippen LogP contribution is -2.41. The standard InChI is InChI=1S/C17H23N3O3/c18-15(21)11-23-14-8-9-20(10-14)16(12-4-2-1-3-5-12)17(22)19-13-6-7-13/h1-5,13-14,16H,6-11H2,(H2,18,21)(H,19,22)/t14-,16-/m0/s1. The van der Waals surface area contributed by atoms with E-state index in [-0.39, 0.29) is 24.7 Å². The van der Waals surface area contributed by atoms with Gasteiger partial charge < -0.3 is 15.8 Å². The predicted octanol–water partition coefficient (Wildman–Crippen LogP) is 0.583. The molecule has 1 aliphatic heterocycles. The number of ether oxygens (including phenoxy) is 1. The number of carbonyl (C=O) groups excluding carboxylic acids is 2. The Balaban J connectivity index is 1.68. The number of amides is 2. The molecule has 2 fully saturated rings. The van der Waals surface area contributed by atoms with Crippen molar-refractivity contribution >= 4 is 11.8 Å². The monoisotopic (exact) mass is 317 g/mol. The number of hydrogen-bond donors (Lipinski definition) is 2. The molecule has 1 aromatic carbocycles. The molecule has 2 aliphatic rings. The maximum absolute atomic E-state index is 12.7. The molecule has 1 aliphatic carbocycles. The van der Waals surface area contributed by atoms with Gasteiger partial charge in [0.1, 0.15) is 12.6 Å². The fraction of sp³-hybridized carbons (Fsp3) is 0.529. The van der Waals surface area contributed by atoms with Crippen molar-refractivity contribution in [2.24, 2.45) is 5.73 Å². The highest BCUT2D eigenvalue weighted by atomic mass is 16.5. The lowest BCUT2D eigenvalue weighted by atomic mass is 10.0. The maximum atomic E-state index is 12.7. The number of nitrogens with two attached hydrogens (primary N) is 1. The number of rotatable bonds is 7. The summed E-state index contributed by atoms with van der Waals surface area (Å²) in [6, 6.07) is 9.83. The molecule has 1 aromatic rings. The van der Waals surface area contributed by atoms with Crippen LogP contribution < -0.4 is 11.1 Å². The first kappa shape index (κ1) is 16.0. The second-order valence-electron chi connectivity index (χ2n) is 6.28. The number of carbonyl (C=O) groups is 2. The average molecular weight is 317 g/mol. The Morgan fingerprint density at radius 2 is 2.00 bits per heavy atom. The molecule has 6 nitrogen and oxygen atoms in total. The van der Waals surface area contributed by atoms with Crippen LogP contribution in [0.15, 0.2) is 30.3 Å². The van der Waals surface area contributed by atoms with Gasteiger partial charge in [-0.15, -0.1) is 0 Å². The van der Waals surface area contributed by atoms with Crippen molar-refractivity contribution in [2.75, 3.05) is 19.7 Å². The summed E-state index contributed by atoms with van der Waals surface area (Å²) in [5, 5.41) is 3.10. The number of nitrogens with one attached hydrogen (secondary N) is 1. The van der Waals surface area contributed by atoms with Crippen LogP contribution >= 0.6 is 0 Å². The van der Waals surface area contributed by atoms with Gasteiger partial charge in [-0.3, -0.25) is 14.5 Å². The van der Waals surface area contributed by atoms with Gasteiger partial charge >= 0.3 is 0 Å². The molecule has 3 rings (SSSR count). The van der Waals surface area contributed by atoms with Crippen LogP contribution in [-0.4, -0.2) is 48.6 Å². The van der Waals surface area contributed by atoms with Gasteiger partial charge in [-0.2, -0.15) is 0 Å². The molecule has 0 unspecified atom stereocenters. The molecular weight excluding hydrogens is 294 g/mol. The van der Waals surface area contributed by atoms with Crippen LogP contribution in [0.2, 0.25) is 0 Å². The molecule has 2 atom stereocenters. The topological polar surface area (TPSA) is 84.7 Å². The number of nitrogens with zero attached hydrogens (tertiary/aromatic N) is 1. The Morgan fingerprint density at radius 1 is 1.26 bits per heavy atom. The highest BCUT2D eigenvalue weighted by Gasteiger charge is 2.36. The van der Waals surface area contributed by atoms with Crippen LogP contribution in [0.3, 0.4) is 0 Å². The summed E-state index contributed by atoms with van der Waals surface area (Å²) in [4.78, 5) is 25.7. The number of hydrogen-bond acceptors (Lipinski definition) is 4. The third-order valence-corrected chi connectivity index (χ3v) is 4.29. The fourth-order valence-electron chi connectivity index (χ4n) is 3.00. The minimum atomic E-state index is -0.463. The maximum Gasteiger partial charge on any atom is 0.243 e. The Kier molecular flexibility index (Phi) is 4.93. The van der Waals surface area contributed by atoms with Gasteiger partial charge in [0.15, 0.2) is 0 Å². The molecular formula is C17H23N3O3. The van der Waals surface area contributed by atoms with E-state index in [4.69, 9.17) is 10.5 Å². The van der Waals surface area contributed by atoms with Crippen molar-refractivity contribution in [3.8, 4) is 0 Å². The molecule has 1 heterocycles. The van der Waals surface area contributed by atoms with Crippen LogP contribution in [0, 0.1) is 0 Å². The van der Waals surface area contributed by atoms with Gasteiger partial charge in [-0.25, -0.2) is 0 Å². The van der Waals surface area contributed by atoms with E-state index in [2.05, 4.69) is 10.2 Å². The highest BCUT2D eigenvalue weighted by molar-refractivity contribution is 5.83. The van der Waals surface area contributed by atoms with Crippen LogP contribution in [-0.2, 0) is 14.3 Å². The summed E-state index contributed by atoms with van der Waals surface area (Å²) in [6.07, 6.45) is 2.88. The Bertz CT molecular complexity index is 559. The first-order chi connectivity index (χ1) is 11.1. The molecule has 1 saturated carbocycles. The zero-order valence-electron chi connectivity index (χ0n) is 13.1. The average Bonchev–Trinajstić information content (AvgIpc) is 3.22. The van der Waals surface area contributed by atoms with Crippen molar-refractivity contribution in [1.82, 2.24) is 10.2 Å². The summed E-state index contributed by atoms with van der Waals surface area (Å²) < 4.78 is 5.51. The molecule has 0 aromatic heterocycles. The summed E-state index contributed by atoms with van der Waals surface area (Å²) >= 11 is 0. The smallest absolute Gasteiger partial charge is 0.243 e. The molecule has 3 N–H and O–H groups in total. The molecule has 0 spiro atoms. The fourth-order valence-corrected chi connectivity index (χ4v) is 3.00. The van der Waals surface area contributed by atoms with Crippen molar-refractivity contribution in [3.05, 3.63) is 35.9 Å².